The van der Waals surface area contributed by atoms with E-state index in [9.17, 15) is 15.3 Å². The number of aliphatic hydroxyl groups is 4. The fourth-order valence-electron chi connectivity index (χ4n) is 2.74. The first kappa shape index (κ1) is 18.2. The van der Waals surface area contributed by atoms with Crippen LogP contribution < -0.4 is 4.74 Å². The Morgan fingerprint density at radius 2 is 1.83 bits per heavy atom. The highest BCUT2D eigenvalue weighted by molar-refractivity contribution is 5.33. The molecular formula is C17H26O6. The molecule has 1 aromatic carbocycles. The smallest absolute Gasteiger partial charge is 0.195 e. The van der Waals surface area contributed by atoms with Crippen LogP contribution in [0, 0.1) is 0 Å². The van der Waals surface area contributed by atoms with E-state index < -0.39 is 37.3 Å². The molecule has 2 rings (SSSR count). The molecule has 5 atom stereocenters. The molecule has 1 heterocycles. The third-order valence-electron chi connectivity index (χ3n) is 4.13. The molecule has 1 saturated heterocycles. The average molecular weight is 326 g/mol. The maximum absolute atomic E-state index is 10.1. The molecule has 0 spiro atoms. The number of ether oxygens (including phenoxy) is 2. The Hall–Kier alpha value is -1.18. The van der Waals surface area contributed by atoms with Crippen molar-refractivity contribution in [2.45, 2.75) is 63.3 Å². The molecule has 0 radical (unpaired) electrons. The molecule has 0 aromatic heterocycles. The van der Waals surface area contributed by atoms with Crippen LogP contribution in [0.25, 0.3) is 0 Å². The van der Waals surface area contributed by atoms with Gasteiger partial charge in [0, 0.05) is 0 Å². The number of benzene rings is 1. The summed E-state index contributed by atoms with van der Waals surface area (Å²) in [5.74, 6) is 0.560. The number of hydrogen-bond donors (Lipinski definition) is 4. The minimum Gasteiger partial charge on any atom is -0.482 e. The molecule has 23 heavy (non-hydrogen) atoms. The number of rotatable bonds is 7. The van der Waals surface area contributed by atoms with E-state index in [-0.39, 0.29) is 0 Å². The lowest BCUT2D eigenvalue weighted by molar-refractivity contribution is -0.280. The third-order valence-corrected chi connectivity index (χ3v) is 4.13. The largest absolute Gasteiger partial charge is 0.482 e. The Morgan fingerprint density at radius 1 is 1.09 bits per heavy atom. The molecule has 1 fully saturated rings. The summed E-state index contributed by atoms with van der Waals surface area (Å²) in [6, 6.07) is 7.44. The van der Waals surface area contributed by atoms with Gasteiger partial charge in [-0.2, -0.15) is 0 Å². The van der Waals surface area contributed by atoms with Crippen molar-refractivity contribution in [3.05, 3.63) is 29.8 Å². The lowest BCUT2D eigenvalue weighted by Crippen LogP contribution is -2.60. The minimum atomic E-state index is -1.42. The van der Waals surface area contributed by atoms with Crippen molar-refractivity contribution in [3.8, 4) is 5.75 Å². The molecule has 6 nitrogen and oxygen atoms in total. The summed E-state index contributed by atoms with van der Waals surface area (Å²) in [7, 11) is 0. The first-order valence-electron chi connectivity index (χ1n) is 8.13. The molecule has 1 aliphatic rings. The van der Waals surface area contributed by atoms with Crippen LogP contribution >= 0.6 is 0 Å². The van der Waals surface area contributed by atoms with Crippen LogP contribution in [0.1, 0.15) is 31.7 Å². The zero-order valence-electron chi connectivity index (χ0n) is 13.3. The van der Waals surface area contributed by atoms with Gasteiger partial charge in [-0.05, 0) is 24.5 Å². The van der Waals surface area contributed by atoms with Crippen LogP contribution in [-0.2, 0) is 11.2 Å². The molecule has 1 aliphatic heterocycles. The zero-order chi connectivity index (χ0) is 16.8. The van der Waals surface area contributed by atoms with Crippen molar-refractivity contribution in [1.29, 1.82) is 0 Å². The fraction of sp³-hybridized carbons (Fsp3) is 0.647. The van der Waals surface area contributed by atoms with Gasteiger partial charge in [0.2, 0.25) is 0 Å². The van der Waals surface area contributed by atoms with Gasteiger partial charge in [-0.25, -0.2) is 0 Å². The summed E-state index contributed by atoms with van der Waals surface area (Å²) < 4.78 is 10.9. The molecule has 130 valence electrons. The Kier molecular flexibility index (Phi) is 6.80. The van der Waals surface area contributed by atoms with Gasteiger partial charge < -0.3 is 29.9 Å². The molecule has 4 N–H and O–H groups in total. The van der Waals surface area contributed by atoms with Gasteiger partial charge in [-0.1, -0.05) is 38.0 Å². The summed E-state index contributed by atoms with van der Waals surface area (Å²) in [6.07, 6.45) is -2.13. The Morgan fingerprint density at radius 3 is 2.52 bits per heavy atom. The maximum Gasteiger partial charge on any atom is 0.195 e. The number of hydrogen-bond acceptors (Lipinski definition) is 6. The summed E-state index contributed by atoms with van der Waals surface area (Å²) in [6.45, 7) is 1.64. The second-order valence-corrected chi connectivity index (χ2v) is 5.88. The lowest BCUT2D eigenvalue weighted by atomic mass is 9.99. The van der Waals surface area contributed by atoms with Gasteiger partial charge in [0.05, 0.1) is 6.61 Å². The zero-order valence-corrected chi connectivity index (χ0v) is 13.3. The monoisotopic (exact) mass is 326 g/mol. The van der Waals surface area contributed by atoms with Crippen molar-refractivity contribution >= 4 is 0 Å². The molecule has 1 unspecified atom stereocenters. The van der Waals surface area contributed by atoms with Gasteiger partial charge in [0.1, 0.15) is 24.1 Å². The van der Waals surface area contributed by atoms with Crippen molar-refractivity contribution in [2.75, 3.05) is 6.61 Å². The maximum atomic E-state index is 10.1. The van der Waals surface area contributed by atoms with Crippen molar-refractivity contribution < 1.29 is 29.9 Å². The first-order chi connectivity index (χ1) is 11.1. The van der Waals surface area contributed by atoms with Gasteiger partial charge in [-0.15, -0.1) is 0 Å². The summed E-state index contributed by atoms with van der Waals surface area (Å²) >= 11 is 0. The van der Waals surface area contributed by atoms with E-state index in [0.29, 0.717) is 5.75 Å². The van der Waals surface area contributed by atoms with Crippen molar-refractivity contribution in [3.63, 3.8) is 0 Å². The number of para-hydroxylation sites is 1. The number of unbranched alkanes of at least 4 members (excludes halogenated alkanes) is 2. The molecule has 6 heteroatoms. The predicted octanol–water partition coefficient (Wildman–Crippen LogP) is 0.598. The van der Waals surface area contributed by atoms with Gasteiger partial charge in [0.15, 0.2) is 12.4 Å². The molecule has 1 aromatic rings. The van der Waals surface area contributed by atoms with Crippen LogP contribution in [0.15, 0.2) is 24.3 Å². The van der Waals surface area contributed by atoms with E-state index in [1.807, 2.05) is 18.2 Å². The summed E-state index contributed by atoms with van der Waals surface area (Å²) in [4.78, 5) is 0. The molecular weight excluding hydrogens is 300 g/mol. The average Bonchev–Trinajstić information content (AvgIpc) is 2.56. The van der Waals surface area contributed by atoms with E-state index in [1.165, 1.54) is 0 Å². The van der Waals surface area contributed by atoms with Crippen molar-refractivity contribution in [2.24, 2.45) is 0 Å². The fourth-order valence-corrected chi connectivity index (χ4v) is 2.74. The second kappa shape index (κ2) is 8.61. The number of aliphatic hydroxyl groups excluding tert-OH is 4. The second-order valence-electron chi connectivity index (χ2n) is 5.88. The van der Waals surface area contributed by atoms with E-state index in [2.05, 4.69) is 6.92 Å². The summed E-state index contributed by atoms with van der Waals surface area (Å²) in [5.41, 5.74) is 0.985. The van der Waals surface area contributed by atoms with E-state index >= 15 is 0 Å². The SMILES string of the molecule is CCCCCc1ccccc1O[C@@H]1C(O)O[C@H](CO)[C@@H](O)[C@@H]1O. The Bertz CT molecular complexity index is 480. The van der Waals surface area contributed by atoms with E-state index in [0.717, 1.165) is 31.2 Å². The first-order valence-corrected chi connectivity index (χ1v) is 8.13. The van der Waals surface area contributed by atoms with Gasteiger partial charge in [0.25, 0.3) is 0 Å². The normalized spacial score (nSPS) is 31.1. The Balaban J connectivity index is 2.09. The van der Waals surface area contributed by atoms with Crippen LogP contribution in [0.5, 0.6) is 5.75 Å². The van der Waals surface area contributed by atoms with Crippen LogP contribution in [-0.4, -0.2) is 57.7 Å². The van der Waals surface area contributed by atoms with Gasteiger partial charge >= 0.3 is 0 Å². The summed E-state index contributed by atoms with van der Waals surface area (Å²) in [5, 5.41) is 39.2. The Labute approximate surface area is 136 Å². The standard InChI is InChI=1S/C17H26O6/c1-2-3-4-7-11-8-5-6-9-12(11)22-16-15(20)14(19)13(10-18)23-17(16)21/h5-6,8-9,13-21H,2-4,7,10H2,1H3/t13-,14-,15+,16+,17?/m1/s1. The lowest BCUT2D eigenvalue weighted by Gasteiger charge is -2.40. The van der Waals surface area contributed by atoms with Crippen LogP contribution in [0.4, 0.5) is 0 Å². The minimum absolute atomic E-state index is 0.490. The predicted molar refractivity (Wildman–Crippen MR) is 84.1 cm³/mol. The van der Waals surface area contributed by atoms with Gasteiger partial charge in [-0.3, -0.25) is 0 Å². The highest BCUT2D eigenvalue weighted by Gasteiger charge is 2.45. The van der Waals surface area contributed by atoms with Crippen LogP contribution in [0.2, 0.25) is 0 Å². The molecule has 0 bridgehead atoms. The molecule has 0 saturated carbocycles. The van der Waals surface area contributed by atoms with Crippen molar-refractivity contribution in [1.82, 2.24) is 0 Å². The van der Waals surface area contributed by atoms with E-state index in [1.54, 1.807) is 6.07 Å². The quantitative estimate of drug-likeness (QED) is 0.548. The highest BCUT2D eigenvalue weighted by Crippen LogP contribution is 2.27. The third kappa shape index (κ3) is 4.43. The number of aryl methyl sites for hydroxylation is 1. The molecule has 0 aliphatic carbocycles. The highest BCUT2D eigenvalue weighted by atomic mass is 16.7. The topological polar surface area (TPSA) is 99.4 Å². The van der Waals surface area contributed by atoms with E-state index in [4.69, 9.17) is 14.6 Å². The van der Waals surface area contributed by atoms with Crippen LogP contribution in [0.3, 0.4) is 0 Å². The molecule has 0 amide bonds.